The van der Waals surface area contributed by atoms with Crippen LogP contribution in [0.2, 0.25) is 0 Å². The molecule has 28 heavy (non-hydrogen) atoms. The standard InChI is InChI=1S/C17H14F3N3O4S/c18-17(19,20)15-16(10-22-23-15,27-14(24)11-6-2-1-3-7-11)12-8-4-5-9-13(12)28(21,25)26/h1-10,15,23H,(H2,21,25,26). The van der Waals surface area contributed by atoms with E-state index >= 15 is 0 Å². The lowest BCUT2D eigenvalue weighted by molar-refractivity contribution is -0.186. The molecule has 0 fully saturated rings. The first-order valence-corrected chi connectivity index (χ1v) is 9.37. The Hall–Kier alpha value is -2.92. The summed E-state index contributed by atoms with van der Waals surface area (Å²) in [5, 5.41) is 8.59. The summed E-state index contributed by atoms with van der Waals surface area (Å²) in [4.78, 5) is 11.9. The highest BCUT2D eigenvalue weighted by molar-refractivity contribution is 7.89. The average molecular weight is 413 g/mol. The molecular formula is C17H14F3N3O4S. The molecule has 2 aromatic carbocycles. The minimum atomic E-state index is -4.93. The Kier molecular flexibility index (Phi) is 4.90. The number of hydrazone groups is 1. The van der Waals surface area contributed by atoms with E-state index in [1.54, 1.807) is 6.07 Å². The first-order chi connectivity index (χ1) is 13.1. The van der Waals surface area contributed by atoms with Gasteiger partial charge in [-0.25, -0.2) is 18.4 Å². The predicted molar refractivity (Wildman–Crippen MR) is 92.8 cm³/mol. The van der Waals surface area contributed by atoms with Crippen LogP contribution >= 0.6 is 0 Å². The van der Waals surface area contributed by atoms with Crippen molar-refractivity contribution in [3.05, 3.63) is 65.7 Å². The van der Waals surface area contributed by atoms with Gasteiger partial charge in [0.2, 0.25) is 15.6 Å². The van der Waals surface area contributed by atoms with Crippen LogP contribution in [0.5, 0.6) is 0 Å². The number of carbonyl (C=O) groups is 1. The molecule has 1 aliphatic heterocycles. The summed E-state index contributed by atoms with van der Waals surface area (Å²) in [5.74, 6) is -1.09. The molecule has 0 aliphatic carbocycles. The number of sulfonamides is 1. The molecule has 2 aromatic rings. The number of hydrogen-bond acceptors (Lipinski definition) is 6. The van der Waals surface area contributed by atoms with E-state index in [0.717, 1.165) is 18.3 Å². The highest BCUT2D eigenvalue weighted by atomic mass is 32.2. The summed E-state index contributed by atoms with van der Waals surface area (Å²) in [6, 6.07) is 9.52. The number of nitrogens with one attached hydrogen (secondary N) is 1. The van der Waals surface area contributed by atoms with Gasteiger partial charge in [-0.05, 0) is 18.2 Å². The number of benzene rings is 2. The quantitative estimate of drug-likeness (QED) is 0.744. The topological polar surface area (TPSA) is 111 Å². The maximum Gasteiger partial charge on any atom is 0.414 e. The van der Waals surface area contributed by atoms with Crippen LogP contribution in [-0.2, 0) is 20.4 Å². The van der Waals surface area contributed by atoms with E-state index in [0.29, 0.717) is 0 Å². The Morgan fingerprint density at radius 3 is 2.32 bits per heavy atom. The highest BCUT2D eigenvalue weighted by Crippen LogP contribution is 2.42. The molecule has 0 radical (unpaired) electrons. The zero-order chi connectivity index (χ0) is 20.6. The number of alkyl halides is 3. The summed E-state index contributed by atoms with van der Waals surface area (Å²) >= 11 is 0. The lowest BCUT2D eigenvalue weighted by Gasteiger charge is -2.34. The molecule has 7 nitrogen and oxygen atoms in total. The van der Waals surface area contributed by atoms with Gasteiger partial charge in [0.05, 0.1) is 16.7 Å². The minimum absolute atomic E-state index is 0.0174. The third-order valence-corrected chi connectivity index (χ3v) is 5.07. The van der Waals surface area contributed by atoms with Gasteiger partial charge in [0, 0.05) is 5.56 Å². The number of rotatable bonds is 4. The molecule has 0 saturated carbocycles. The Morgan fingerprint density at radius 2 is 1.71 bits per heavy atom. The molecule has 2 atom stereocenters. The number of carbonyl (C=O) groups excluding carboxylic acids is 1. The van der Waals surface area contributed by atoms with Crippen molar-refractivity contribution < 1.29 is 31.1 Å². The molecule has 0 amide bonds. The van der Waals surface area contributed by atoms with Gasteiger partial charge in [0.15, 0.2) is 6.04 Å². The summed E-state index contributed by atoms with van der Waals surface area (Å²) < 4.78 is 70.3. The van der Waals surface area contributed by atoms with Crippen LogP contribution in [0.4, 0.5) is 13.2 Å². The Morgan fingerprint density at radius 1 is 1.11 bits per heavy atom. The smallest absolute Gasteiger partial charge is 0.414 e. The van der Waals surface area contributed by atoms with Gasteiger partial charge in [-0.1, -0.05) is 36.4 Å². The maximum atomic E-state index is 13.7. The predicted octanol–water partition coefficient (Wildman–Crippen LogP) is 1.91. The fourth-order valence-electron chi connectivity index (χ4n) is 2.88. The first kappa shape index (κ1) is 19.8. The molecule has 1 aliphatic rings. The molecule has 0 spiro atoms. The van der Waals surface area contributed by atoms with E-state index in [9.17, 15) is 26.4 Å². The molecule has 0 saturated heterocycles. The molecule has 0 aromatic heterocycles. The monoisotopic (exact) mass is 413 g/mol. The maximum absolute atomic E-state index is 13.7. The summed E-state index contributed by atoms with van der Waals surface area (Å²) in [5.41, 5.74) is -1.20. The fraction of sp³-hybridized carbons (Fsp3) is 0.176. The van der Waals surface area contributed by atoms with Crippen molar-refractivity contribution in [3.8, 4) is 0 Å². The average Bonchev–Trinajstić information content (AvgIpc) is 3.07. The van der Waals surface area contributed by atoms with Crippen LogP contribution in [0.15, 0.2) is 64.6 Å². The number of esters is 1. The second-order valence-corrected chi connectivity index (χ2v) is 7.48. The molecule has 3 N–H and O–H groups in total. The SMILES string of the molecule is NS(=O)(=O)c1ccccc1C1(OC(=O)c2ccccc2)C=NNC1C(F)(F)F. The van der Waals surface area contributed by atoms with Gasteiger partial charge in [-0.15, -0.1) is 0 Å². The van der Waals surface area contributed by atoms with Crippen molar-refractivity contribution in [2.24, 2.45) is 10.2 Å². The zero-order valence-corrected chi connectivity index (χ0v) is 14.9. The third kappa shape index (κ3) is 3.58. The van der Waals surface area contributed by atoms with Crippen molar-refractivity contribution in [2.75, 3.05) is 0 Å². The minimum Gasteiger partial charge on any atom is -0.442 e. The first-order valence-electron chi connectivity index (χ1n) is 7.83. The van der Waals surface area contributed by atoms with Gasteiger partial charge >= 0.3 is 12.1 Å². The van der Waals surface area contributed by atoms with Gasteiger partial charge in [0.1, 0.15) is 0 Å². The van der Waals surface area contributed by atoms with E-state index in [2.05, 4.69) is 5.10 Å². The number of halogens is 3. The molecule has 2 unspecified atom stereocenters. The van der Waals surface area contributed by atoms with E-state index in [4.69, 9.17) is 9.88 Å². The van der Waals surface area contributed by atoms with Crippen LogP contribution in [0, 0.1) is 0 Å². The molecule has 11 heteroatoms. The normalized spacial score (nSPS) is 21.9. The second-order valence-electron chi connectivity index (χ2n) is 5.95. The van der Waals surface area contributed by atoms with Crippen molar-refractivity contribution >= 4 is 22.2 Å². The Bertz CT molecular complexity index is 1030. The van der Waals surface area contributed by atoms with Gasteiger partial charge < -0.3 is 4.74 Å². The Labute approximate surface area is 158 Å². The van der Waals surface area contributed by atoms with Crippen LogP contribution in [0.1, 0.15) is 15.9 Å². The molecule has 0 bridgehead atoms. The summed E-state index contributed by atoms with van der Waals surface area (Å²) in [6.45, 7) is 0. The van der Waals surface area contributed by atoms with Crippen LogP contribution in [0.25, 0.3) is 0 Å². The van der Waals surface area contributed by atoms with E-state index in [1.807, 2.05) is 5.43 Å². The number of nitrogens with zero attached hydrogens (tertiary/aromatic N) is 1. The molecular weight excluding hydrogens is 399 g/mol. The third-order valence-electron chi connectivity index (χ3n) is 4.10. The molecule has 1 heterocycles. The zero-order valence-electron chi connectivity index (χ0n) is 14.1. The van der Waals surface area contributed by atoms with E-state index in [1.165, 1.54) is 36.4 Å². The highest BCUT2D eigenvalue weighted by Gasteiger charge is 2.60. The van der Waals surface area contributed by atoms with Crippen LogP contribution in [-0.4, -0.2) is 32.8 Å². The lowest BCUT2D eigenvalue weighted by Crippen LogP contribution is -2.55. The van der Waals surface area contributed by atoms with E-state index in [-0.39, 0.29) is 5.56 Å². The number of primary sulfonamides is 1. The van der Waals surface area contributed by atoms with Crippen molar-refractivity contribution in [2.45, 2.75) is 22.7 Å². The van der Waals surface area contributed by atoms with E-state index < -0.39 is 44.3 Å². The van der Waals surface area contributed by atoms with Crippen molar-refractivity contribution in [1.82, 2.24) is 5.43 Å². The lowest BCUT2D eigenvalue weighted by atomic mass is 9.87. The van der Waals surface area contributed by atoms with Crippen molar-refractivity contribution in [1.29, 1.82) is 0 Å². The second kappa shape index (κ2) is 6.91. The summed E-state index contributed by atoms with van der Waals surface area (Å²) in [7, 11) is -4.43. The number of nitrogens with two attached hydrogens (primary N) is 1. The number of hydrogen-bond donors (Lipinski definition) is 2. The van der Waals surface area contributed by atoms with Crippen LogP contribution < -0.4 is 10.6 Å². The largest absolute Gasteiger partial charge is 0.442 e. The Balaban J connectivity index is 2.20. The van der Waals surface area contributed by atoms with Gasteiger partial charge in [0.25, 0.3) is 0 Å². The van der Waals surface area contributed by atoms with Gasteiger partial charge in [-0.2, -0.15) is 18.3 Å². The van der Waals surface area contributed by atoms with Gasteiger partial charge in [-0.3, -0.25) is 5.43 Å². The fourth-order valence-corrected chi connectivity index (χ4v) is 3.69. The number of ether oxygens (including phenoxy) is 1. The molecule has 3 rings (SSSR count). The molecule has 148 valence electrons. The summed E-state index contributed by atoms with van der Waals surface area (Å²) in [6.07, 6.45) is -4.21. The van der Waals surface area contributed by atoms with Crippen LogP contribution in [0.3, 0.4) is 0 Å². The van der Waals surface area contributed by atoms with Crippen molar-refractivity contribution in [3.63, 3.8) is 0 Å².